The molecule has 7 nitrogen and oxygen atoms in total. The number of imide groups is 1. The van der Waals surface area contributed by atoms with Crippen LogP contribution in [0.2, 0.25) is 0 Å². The van der Waals surface area contributed by atoms with Crippen LogP contribution in [0.15, 0.2) is 36.4 Å². The van der Waals surface area contributed by atoms with Crippen molar-refractivity contribution >= 4 is 23.4 Å². The highest BCUT2D eigenvalue weighted by Crippen LogP contribution is 2.29. The van der Waals surface area contributed by atoms with Crippen molar-refractivity contribution in [2.45, 2.75) is 44.9 Å². The van der Waals surface area contributed by atoms with Crippen LogP contribution in [-0.2, 0) is 35.6 Å². The normalized spacial score (nSPS) is 21.4. The fourth-order valence-electron chi connectivity index (χ4n) is 4.75. The fraction of sp³-hybridized carbons (Fsp3) is 0.348. The van der Waals surface area contributed by atoms with Gasteiger partial charge in [-0.2, -0.15) is 0 Å². The summed E-state index contributed by atoms with van der Waals surface area (Å²) in [6.07, 6.45) is 1.65. The molecule has 30 heavy (non-hydrogen) atoms. The number of carbonyl (C=O) groups is 3. The van der Waals surface area contributed by atoms with Crippen LogP contribution in [0.1, 0.15) is 45.5 Å². The van der Waals surface area contributed by atoms with Gasteiger partial charge in [-0.1, -0.05) is 18.2 Å². The Balaban J connectivity index is 1.30. The SMILES string of the molecule is Nc1ccc2c(c1)CN(Cc1ccc3c(c1)CN(C1CCC(=O)NC1=O)C3=O)CC2. The van der Waals surface area contributed by atoms with Gasteiger partial charge in [0.05, 0.1) is 0 Å². The first-order valence-electron chi connectivity index (χ1n) is 10.3. The topological polar surface area (TPSA) is 95.7 Å². The Hall–Kier alpha value is -3.19. The number of piperidine rings is 1. The van der Waals surface area contributed by atoms with Crippen LogP contribution in [0.5, 0.6) is 0 Å². The van der Waals surface area contributed by atoms with Gasteiger partial charge in [-0.15, -0.1) is 0 Å². The molecule has 3 aliphatic heterocycles. The molecule has 5 rings (SSSR count). The van der Waals surface area contributed by atoms with Crippen molar-refractivity contribution < 1.29 is 14.4 Å². The quantitative estimate of drug-likeness (QED) is 0.598. The first kappa shape index (κ1) is 18.8. The van der Waals surface area contributed by atoms with Gasteiger partial charge in [0.2, 0.25) is 11.8 Å². The number of hydrogen-bond acceptors (Lipinski definition) is 5. The Morgan fingerprint density at radius 2 is 1.83 bits per heavy atom. The van der Waals surface area contributed by atoms with E-state index in [-0.39, 0.29) is 24.1 Å². The lowest BCUT2D eigenvalue weighted by atomic mass is 9.98. The number of rotatable bonds is 3. The minimum Gasteiger partial charge on any atom is -0.399 e. The monoisotopic (exact) mass is 404 g/mol. The molecule has 154 valence electrons. The summed E-state index contributed by atoms with van der Waals surface area (Å²) >= 11 is 0. The Morgan fingerprint density at radius 3 is 2.67 bits per heavy atom. The number of nitrogens with two attached hydrogens (primary N) is 1. The molecule has 0 aliphatic carbocycles. The predicted molar refractivity (Wildman–Crippen MR) is 111 cm³/mol. The van der Waals surface area contributed by atoms with Crippen molar-refractivity contribution in [1.29, 1.82) is 0 Å². The summed E-state index contributed by atoms with van der Waals surface area (Å²) in [7, 11) is 0. The summed E-state index contributed by atoms with van der Waals surface area (Å²) < 4.78 is 0. The van der Waals surface area contributed by atoms with Gasteiger partial charge >= 0.3 is 0 Å². The van der Waals surface area contributed by atoms with Gasteiger partial charge in [-0.3, -0.25) is 24.6 Å². The zero-order chi connectivity index (χ0) is 20.8. The van der Waals surface area contributed by atoms with Crippen molar-refractivity contribution in [2.24, 2.45) is 0 Å². The molecule has 0 saturated carbocycles. The summed E-state index contributed by atoms with van der Waals surface area (Å²) in [6.45, 7) is 3.05. The highest BCUT2D eigenvalue weighted by Gasteiger charge is 2.39. The summed E-state index contributed by atoms with van der Waals surface area (Å²) in [6, 6.07) is 11.5. The Bertz CT molecular complexity index is 1060. The second kappa shape index (κ2) is 7.25. The van der Waals surface area contributed by atoms with Crippen LogP contribution in [0.4, 0.5) is 5.69 Å². The lowest BCUT2D eigenvalue weighted by Crippen LogP contribution is -2.52. The number of carbonyl (C=O) groups excluding carboxylic acids is 3. The molecule has 0 aromatic heterocycles. The Labute approximate surface area is 174 Å². The Morgan fingerprint density at radius 1 is 0.967 bits per heavy atom. The summed E-state index contributed by atoms with van der Waals surface area (Å²) in [5.74, 6) is -0.778. The number of fused-ring (bicyclic) bond motifs is 2. The van der Waals surface area contributed by atoms with E-state index in [0.29, 0.717) is 18.5 Å². The molecule has 0 spiro atoms. The molecule has 3 heterocycles. The molecule has 0 bridgehead atoms. The molecule has 3 N–H and O–H groups in total. The molecule has 1 unspecified atom stereocenters. The third-order valence-electron chi connectivity index (χ3n) is 6.32. The third-order valence-corrected chi connectivity index (χ3v) is 6.32. The standard InChI is InChI=1S/C23H24N4O3/c24-18-3-2-15-7-8-26(12-16(15)10-18)11-14-1-4-19-17(9-14)13-27(23(19)30)20-5-6-21(28)25-22(20)29/h1-4,9-10,20H,5-8,11-13,24H2,(H,25,28,29). The molecular weight excluding hydrogens is 380 g/mol. The number of anilines is 1. The van der Waals surface area contributed by atoms with E-state index < -0.39 is 6.04 Å². The van der Waals surface area contributed by atoms with Crippen LogP contribution in [0, 0.1) is 0 Å². The number of benzene rings is 2. The van der Waals surface area contributed by atoms with E-state index in [1.54, 1.807) is 4.90 Å². The average molecular weight is 404 g/mol. The van der Waals surface area contributed by atoms with E-state index in [1.807, 2.05) is 18.2 Å². The second-order valence-corrected chi connectivity index (χ2v) is 8.38. The fourth-order valence-corrected chi connectivity index (χ4v) is 4.75. The van der Waals surface area contributed by atoms with E-state index in [9.17, 15) is 14.4 Å². The van der Waals surface area contributed by atoms with Crippen molar-refractivity contribution in [1.82, 2.24) is 15.1 Å². The van der Waals surface area contributed by atoms with E-state index in [4.69, 9.17) is 5.73 Å². The predicted octanol–water partition coefficient (Wildman–Crippen LogP) is 1.59. The largest absolute Gasteiger partial charge is 0.399 e. The molecular formula is C23H24N4O3. The van der Waals surface area contributed by atoms with E-state index in [1.165, 1.54) is 11.1 Å². The second-order valence-electron chi connectivity index (χ2n) is 8.38. The van der Waals surface area contributed by atoms with Crippen molar-refractivity contribution in [3.8, 4) is 0 Å². The average Bonchev–Trinajstić information content (AvgIpc) is 3.03. The van der Waals surface area contributed by atoms with Gasteiger partial charge in [0.1, 0.15) is 6.04 Å². The van der Waals surface area contributed by atoms with Gasteiger partial charge in [-0.25, -0.2) is 0 Å². The highest BCUT2D eigenvalue weighted by molar-refractivity contribution is 6.05. The van der Waals surface area contributed by atoms with Crippen molar-refractivity contribution in [3.05, 3.63) is 64.2 Å². The number of nitrogens with zero attached hydrogens (tertiary/aromatic N) is 2. The van der Waals surface area contributed by atoms with E-state index in [0.717, 1.165) is 42.9 Å². The smallest absolute Gasteiger partial charge is 0.255 e. The Kier molecular flexibility index (Phi) is 4.55. The zero-order valence-corrected chi connectivity index (χ0v) is 16.7. The van der Waals surface area contributed by atoms with Crippen molar-refractivity contribution in [3.63, 3.8) is 0 Å². The third kappa shape index (κ3) is 3.35. The molecule has 3 aliphatic rings. The van der Waals surface area contributed by atoms with E-state index >= 15 is 0 Å². The van der Waals surface area contributed by atoms with Gasteiger partial charge in [0.25, 0.3) is 5.91 Å². The molecule has 3 amide bonds. The van der Waals surface area contributed by atoms with Crippen molar-refractivity contribution in [2.75, 3.05) is 12.3 Å². The maximum atomic E-state index is 12.8. The maximum absolute atomic E-state index is 12.8. The minimum atomic E-state index is -0.574. The highest BCUT2D eigenvalue weighted by atomic mass is 16.2. The summed E-state index contributed by atoms with van der Waals surface area (Å²) in [5, 5.41) is 2.34. The van der Waals surface area contributed by atoms with Crippen LogP contribution < -0.4 is 11.1 Å². The molecule has 1 saturated heterocycles. The lowest BCUT2D eigenvalue weighted by molar-refractivity contribution is -0.136. The molecule has 2 aromatic rings. The number of nitrogen functional groups attached to an aromatic ring is 1. The van der Waals surface area contributed by atoms with Gasteiger partial charge in [0.15, 0.2) is 0 Å². The van der Waals surface area contributed by atoms with E-state index in [2.05, 4.69) is 28.4 Å². The molecule has 1 atom stereocenters. The number of nitrogens with one attached hydrogen (secondary N) is 1. The number of amides is 3. The summed E-state index contributed by atoms with van der Waals surface area (Å²) in [4.78, 5) is 40.4. The zero-order valence-electron chi connectivity index (χ0n) is 16.7. The first-order valence-corrected chi connectivity index (χ1v) is 10.3. The molecule has 0 radical (unpaired) electrons. The minimum absolute atomic E-state index is 0.131. The van der Waals surface area contributed by atoms with Gasteiger partial charge in [-0.05, 0) is 53.3 Å². The van der Waals surface area contributed by atoms with Crippen LogP contribution in [0.3, 0.4) is 0 Å². The van der Waals surface area contributed by atoms with Gasteiger partial charge < -0.3 is 10.6 Å². The van der Waals surface area contributed by atoms with Gasteiger partial charge in [0, 0.05) is 43.9 Å². The van der Waals surface area contributed by atoms with Crippen LogP contribution in [0.25, 0.3) is 0 Å². The van der Waals surface area contributed by atoms with Crippen LogP contribution in [-0.4, -0.2) is 40.1 Å². The molecule has 1 fully saturated rings. The maximum Gasteiger partial charge on any atom is 0.255 e. The summed E-state index contributed by atoms with van der Waals surface area (Å²) in [5.41, 5.74) is 12.1. The molecule has 7 heteroatoms. The molecule has 2 aromatic carbocycles. The first-order chi connectivity index (χ1) is 14.5. The lowest BCUT2D eigenvalue weighted by Gasteiger charge is -2.29. The number of hydrogen-bond donors (Lipinski definition) is 2. The van der Waals surface area contributed by atoms with Crippen LogP contribution >= 0.6 is 0 Å².